The maximum absolute atomic E-state index is 13.3. The van der Waals surface area contributed by atoms with Crippen molar-refractivity contribution < 1.29 is 24.3 Å². The van der Waals surface area contributed by atoms with Gasteiger partial charge in [-0.2, -0.15) is 0 Å². The number of ether oxygens (including phenoxy) is 2. The molecule has 0 aliphatic carbocycles. The minimum atomic E-state index is -0.721. The van der Waals surface area contributed by atoms with Crippen molar-refractivity contribution in [1.29, 1.82) is 0 Å². The van der Waals surface area contributed by atoms with Gasteiger partial charge in [-0.3, -0.25) is 14.8 Å². The standard InChI is InChI=1S/C22H41N3O5S/c1-8-9-16(20(27)25-28)17(14-15(2)3)19(26)24-18(22(4,5)6)21(31)23-10-11-30-13-12-29-7/h8,15-18,28H,1,9-14H2,2-7H3,(H,23,31)(H,24,26)(H,25,27). The van der Waals surface area contributed by atoms with E-state index >= 15 is 0 Å². The third-order valence-electron chi connectivity index (χ3n) is 4.81. The van der Waals surface area contributed by atoms with E-state index in [4.69, 9.17) is 26.9 Å². The largest absolute Gasteiger partial charge is 0.382 e. The molecule has 0 aromatic carbocycles. The normalized spacial score (nSPS) is 14.5. The van der Waals surface area contributed by atoms with Crippen LogP contribution < -0.4 is 16.1 Å². The van der Waals surface area contributed by atoms with E-state index in [2.05, 4.69) is 17.2 Å². The highest BCUT2D eigenvalue weighted by Crippen LogP contribution is 2.27. The number of hydroxylamine groups is 1. The summed E-state index contributed by atoms with van der Waals surface area (Å²) in [5.41, 5.74) is 1.33. The van der Waals surface area contributed by atoms with E-state index in [-0.39, 0.29) is 23.7 Å². The summed E-state index contributed by atoms with van der Waals surface area (Å²) < 4.78 is 10.4. The SMILES string of the molecule is C=CCC(C(=O)NO)C(CC(C)C)C(=O)NC(C(=S)NCCOCCOC)C(C)(C)C. The molecule has 0 fully saturated rings. The van der Waals surface area contributed by atoms with E-state index in [0.717, 1.165) is 0 Å². The minimum Gasteiger partial charge on any atom is -0.382 e. The van der Waals surface area contributed by atoms with Gasteiger partial charge in [-0.25, -0.2) is 5.48 Å². The monoisotopic (exact) mass is 459 g/mol. The van der Waals surface area contributed by atoms with Gasteiger partial charge in [0.15, 0.2) is 0 Å². The molecule has 0 aliphatic heterocycles. The Kier molecular flexibility index (Phi) is 14.5. The quantitative estimate of drug-likeness (QED) is 0.0979. The zero-order valence-electron chi connectivity index (χ0n) is 19.8. The summed E-state index contributed by atoms with van der Waals surface area (Å²) in [5.74, 6) is -2.04. The topological polar surface area (TPSA) is 109 Å². The summed E-state index contributed by atoms with van der Waals surface area (Å²) in [6.07, 6.45) is 2.35. The lowest BCUT2D eigenvalue weighted by atomic mass is 9.80. The van der Waals surface area contributed by atoms with Crippen LogP contribution in [0.5, 0.6) is 0 Å². The molecular weight excluding hydrogens is 418 g/mol. The van der Waals surface area contributed by atoms with Gasteiger partial charge in [0.1, 0.15) is 0 Å². The van der Waals surface area contributed by atoms with E-state index in [1.54, 1.807) is 18.7 Å². The maximum Gasteiger partial charge on any atom is 0.247 e. The van der Waals surface area contributed by atoms with Crippen LogP contribution in [0.3, 0.4) is 0 Å². The van der Waals surface area contributed by atoms with Crippen molar-refractivity contribution >= 4 is 29.0 Å². The van der Waals surface area contributed by atoms with Crippen molar-refractivity contribution in [3.05, 3.63) is 12.7 Å². The van der Waals surface area contributed by atoms with Crippen LogP contribution in [0.25, 0.3) is 0 Å². The van der Waals surface area contributed by atoms with E-state index in [1.807, 2.05) is 34.6 Å². The van der Waals surface area contributed by atoms with Gasteiger partial charge in [-0.05, 0) is 24.2 Å². The summed E-state index contributed by atoms with van der Waals surface area (Å²) in [6.45, 7) is 15.6. The zero-order chi connectivity index (χ0) is 24.0. The third kappa shape index (κ3) is 11.6. The lowest BCUT2D eigenvalue weighted by molar-refractivity contribution is -0.141. The second-order valence-electron chi connectivity index (χ2n) is 9.05. The van der Waals surface area contributed by atoms with E-state index in [9.17, 15) is 9.59 Å². The molecule has 3 unspecified atom stereocenters. The number of allylic oxidation sites excluding steroid dienone is 1. The van der Waals surface area contributed by atoms with Crippen molar-refractivity contribution in [2.24, 2.45) is 23.2 Å². The molecule has 2 amide bonds. The van der Waals surface area contributed by atoms with Crippen molar-refractivity contribution in [2.75, 3.05) is 33.5 Å². The second-order valence-corrected chi connectivity index (χ2v) is 9.49. The Bertz CT molecular complexity index is 578. The first-order valence-electron chi connectivity index (χ1n) is 10.7. The highest BCUT2D eigenvalue weighted by atomic mass is 32.1. The van der Waals surface area contributed by atoms with Crippen LogP contribution in [0.15, 0.2) is 12.7 Å². The van der Waals surface area contributed by atoms with Gasteiger partial charge >= 0.3 is 0 Å². The molecule has 0 aromatic rings. The van der Waals surface area contributed by atoms with Crippen LogP contribution in [0.2, 0.25) is 0 Å². The Hall–Kier alpha value is -1.55. The van der Waals surface area contributed by atoms with Crippen molar-refractivity contribution in [2.45, 2.75) is 53.5 Å². The average molecular weight is 460 g/mol. The average Bonchev–Trinajstić information content (AvgIpc) is 2.69. The predicted molar refractivity (Wildman–Crippen MR) is 126 cm³/mol. The Morgan fingerprint density at radius 3 is 2.26 bits per heavy atom. The Balaban J connectivity index is 5.35. The summed E-state index contributed by atoms with van der Waals surface area (Å²) in [4.78, 5) is 26.0. The van der Waals surface area contributed by atoms with Crippen molar-refractivity contribution in [1.82, 2.24) is 16.1 Å². The summed E-state index contributed by atoms with van der Waals surface area (Å²) in [7, 11) is 1.61. The Morgan fingerprint density at radius 2 is 1.77 bits per heavy atom. The number of thiocarbonyl (C=S) groups is 1. The van der Waals surface area contributed by atoms with Crippen LogP contribution in [0.1, 0.15) is 47.5 Å². The third-order valence-corrected chi connectivity index (χ3v) is 5.19. The van der Waals surface area contributed by atoms with Gasteiger partial charge in [-0.15, -0.1) is 6.58 Å². The van der Waals surface area contributed by atoms with E-state index in [0.29, 0.717) is 37.8 Å². The molecule has 180 valence electrons. The fraction of sp³-hybridized carbons (Fsp3) is 0.773. The number of amides is 2. The molecule has 0 aromatic heterocycles. The molecular formula is C22H41N3O5S. The molecule has 0 spiro atoms. The molecule has 0 saturated heterocycles. The molecule has 0 rings (SSSR count). The smallest absolute Gasteiger partial charge is 0.247 e. The second kappa shape index (κ2) is 15.3. The van der Waals surface area contributed by atoms with Crippen LogP contribution in [-0.4, -0.2) is 61.5 Å². The number of nitrogens with one attached hydrogen (secondary N) is 3. The highest BCUT2D eigenvalue weighted by Gasteiger charge is 2.37. The number of rotatable bonds is 15. The molecule has 0 bridgehead atoms. The van der Waals surface area contributed by atoms with Gasteiger partial charge in [0.05, 0.1) is 42.7 Å². The molecule has 3 atom stereocenters. The number of methoxy groups -OCH3 is 1. The minimum absolute atomic E-state index is 0.178. The van der Waals surface area contributed by atoms with Gasteiger partial charge in [0, 0.05) is 13.7 Å². The highest BCUT2D eigenvalue weighted by molar-refractivity contribution is 7.80. The van der Waals surface area contributed by atoms with Crippen molar-refractivity contribution in [3.63, 3.8) is 0 Å². The Morgan fingerprint density at radius 1 is 1.13 bits per heavy atom. The summed E-state index contributed by atoms with van der Waals surface area (Å²) in [5, 5.41) is 15.4. The predicted octanol–water partition coefficient (Wildman–Crippen LogP) is 2.46. The lowest BCUT2D eigenvalue weighted by Gasteiger charge is -2.35. The molecule has 0 saturated carbocycles. The Labute approximate surface area is 192 Å². The van der Waals surface area contributed by atoms with Crippen LogP contribution >= 0.6 is 12.2 Å². The fourth-order valence-corrected chi connectivity index (χ4v) is 3.71. The molecule has 0 radical (unpaired) electrons. The van der Waals surface area contributed by atoms with E-state index in [1.165, 1.54) is 0 Å². The van der Waals surface area contributed by atoms with Crippen LogP contribution in [0, 0.1) is 23.2 Å². The molecule has 31 heavy (non-hydrogen) atoms. The fourth-order valence-electron chi connectivity index (χ4n) is 3.20. The molecule has 8 nitrogen and oxygen atoms in total. The van der Waals surface area contributed by atoms with Crippen LogP contribution in [0.4, 0.5) is 0 Å². The van der Waals surface area contributed by atoms with Gasteiger partial charge in [-0.1, -0.05) is 52.9 Å². The first kappa shape index (κ1) is 29.5. The summed E-state index contributed by atoms with van der Waals surface area (Å²) >= 11 is 5.57. The number of hydrogen-bond acceptors (Lipinski definition) is 6. The maximum atomic E-state index is 13.3. The van der Waals surface area contributed by atoms with Gasteiger partial charge in [0.2, 0.25) is 11.8 Å². The molecule has 4 N–H and O–H groups in total. The van der Waals surface area contributed by atoms with E-state index < -0.39 is 23.8 Å². The lowest BCUT2D eigenvalue weighted by Crippen LogP contribution is -2.55. The van der Waals surface area contributed by atoms with Crippen molar-refractivity contribution in [3.8, 4) is 0 Å². The molecule has 9 heteroatoms. The first-order valence-corrected chi connectivity index (χ1v) is 11.1. The number of carbonyl (C=O) groups excluding carboxylic acids is 2. The number of carbonyl (C=O) groups is 2. The van der Waals surface area contributed by atoms with Gasteiger partial charge < -0.3 is 20.1 Å². The molecule has 0 heterocycles. The number of hydrogen-bond donors (Lipinski definition) is 4. The van der Waals surface area contributed by atoms with Crippen LogP contribution in [-0.2, 0) is 19.1 Å². The first-order chi connectivity index (χ1) is 14.5. The molecule has 0 aliphatic rings. The van der Waals surface area contributed by atoms with Gasteiger partial charge in [0.25, 0.3) is 0 Å². The zero-order valence-corrected chi connectivity index (χ0v) is 20.6. The summed E-state index contributed by atoms with van der Waals surface area (Å²) in [6, 6.07) is -0.440.